The van der Waals surface area contributed by atoms with Gasteiger partial charge in [-0.05, 0) is 23.8 Å². The van der Waals surface area contributed by atoms with E-state index in [0.717, 1.165) is 0 Å². The van der Waals surface area contributed by atoms with Gasteiger partial charge in [0.25, 0.3) is 0 Å². The van der Waals surface area contributed by atoms with Gasteiger partial charge in [0.1, 0.15) is 24.6 Å². The molecule has 0 spiro atoms. The van der Waals surface area contributed by atoms with E-state index in [1.165, 1.54) is 30.3 Å². The zero-order chi connectivity index (χ0) is 22.1. The van der Waals surface area contributed by atoms with Crippen molar-refractivity contribution >= 4 is 29.1 Å². The summed E-state index contributed by atoms with van der Waals surface area (Å²) >= 11 is 0. The van der Waals surface area contributed by atoms with Crippen LogP contribution in [0.3, 0.4) is 0 Å². The van der Waals surface area contributed by atoms with E-state index in [-0.39, 0.29) is 34.4 Å². The minimum Gasteiger partial charge on any atom is -0.504 e. The third-order valence-corrected chi connectivity index (χ3v) is 4.86. The summed E-state index contributed by atoms with van der Waals surface area (Å²) in [5.41, 5.74) is 9.73. The number of fused-ring (bicyclic) bond motifs is 1. The number of imidazole rings is 1. The fourth-order valence-electron chi connectivity index (χ4n) is 3.28. The van der Waals surface area contributed by atoms with Crippen molar-refractivity contribution in [2.45, 2.75) is 24.5 Å². The number of phenolic OH excluding ortho intramolecular Hbond substituents is 1. The topological polar surface area (TPSA) is 193 Å². The monoisotopic (exact) mass is 431 g/mol. The van der Waals surface area contributed by atoms with Crippen molar-refractivity contribution in [3.05, 3.63) is 30.1 Å². The first-order chi connectivity index (χ1) is 14.9. The van der Waals surface area contributed by atoms with Gasteiger partial charge >= 0.3 is 0 Å². The van der Waals surface area contributed by atoms with Crippen LogP contribution in [-0.2, 0) is 4.74 Å². The first-order valence-corrected chi connectivity index (χ1v) is 9.21. The highest BCUT2D eigenvalue weighted by molar-refractivity contribution is 5.85. The molecule has 0 aliphatic carbocycles. The van der Waals surface area contributed by atoms with Crippen molar-refractivity contribution in [1.29, 1.82) is 0 Å². The van der Waals surface area contributed by atoms with Crippen molar-refractivity contribution in [3.8, 4) is 11.5 Å². The second-order valence-corrected chi connectivity index (χ2v) is 6.77. The first-order valence-electron chi connectivity index (χ1n) is 9.21. The summed E-state index contributed by atoms with van der Waals surface area (Å²) in [5, 5.41) is 43.8. The first kappa shape index (κ1) is 20.7. The molecule has 1 aliphatic heterocycles. The molecule has 164 valence electrons. The number of nitrogen functional groups attached to an aromatic ring is 1. The number of nitrogens with two attached hydrogens (primary N) is 1. The molecule has 0 amide bonds. The lowest BCUT2D eigenvalue weighted by Gasteiger charge is -2.18. The Balaban J connectivity index is 1.69. The molecule has 4 rings (SSSR count). The molecular formula is C18H21N7O6. The minimum absolute atomic E-state index is 0.00665. The Morgan fingerprint density at radius 3 is 2.84 bits per heavy atom. The summed E-state index contributed by atoms with van der Waals surface area (Å²) < 4.78 is 12.1. The molecular weight excluding hydrogens is 410 g/mol. The third kappa shape index (κ3) is 3.70. The van der Waals surface area contributed by atoms with Crippen LogP contribution in [0.5, 0.6) is 11.5 Å². The summed E-state index contributed by atoms with van der Waals surface area (Å²) in [6, 6.07) is 4.67. The molecule has 2 aromatic heterocycles. The number of benzene rings is 1. The Labute approximate surface area is 175 Å². The Bertz CT molecular complexity index is 1120. The van der Waals surface area contributed by atoms with Crippen LogP contribution in [0.4, 0.5) is 11.8 Å². The third-order valence-electron chi connectivity index (χ3n) is 4.86. The molecule has 13 nitrogen and oxygen atoms in total. The molecule has 3 heterocycles. The van der Waals surface area contributed by atoms with Crippen LogP contribution in [0.15, 0.2) is 29.6 Å². The molecule has 31 heavy (non-hydrogen) atoms. The Morgan fingerprint density at radius 1 is 1.32 bits per heavy atom. The van der Waals surface area contributed by atoms with Gasteiger partial charge < -0.3 is 35.6 Å². The lowest BCUT2D eigenvalue weighted by Crippen LogP contribution is -2.33. The highest BCUT2D eigenvalue weighted by atomic mass is 16.6. The Kier molecular flexibility index (Phi) is 5.56. The quantitative estimate of drug-likeness (QED) is 0.211. The number of hydrazone groups is 1. The van der Waals surface area contributed by atoms with E-state index in [9.17, 15) is 20.4 Å². The van der Waals surface area contributed by atoms with Crippen molar-refractivity contribution in [1.82, 2.24) is 19.5 Å². The minimum atomic E-state index is -1.36. The standard InChI is InChI=1S/C18H21N7O6/c1-30-10-4-8(2-3-9(10)27)5-22-24-18-23-12-15(19)20-7-21-16(12)25(18)17-14(29)13(28)11(6-26)31-17/h2-5,7,11,13-14,17,26-29H,6H2,1H3,(H,23,24)(H2,19,20,21)/b22-5-/t11-,13-,14-,17-/m1/s1. The lowest BCUT2D eigenvalue weighted by atomic mass is 10.1. The molecule has 13 heteroatoms. The molecule has 3 aromatic rings. The fourth-order valence-corrected chi connectivity index (χ4v) is 3.28. The molecule has 4 atom stereocenters. The molecule has 0 saturated carbocycles. The van der Waals surface area contributed by atoms with E-state index >= 15 is 0 Å². The van der Waals surface area contributed by atoms with E-state index in [4.69, 9.17) is 15.2 Å². The van der Waals surface area contributed by atoms with Gasteiger partial charge in [0.15, 0.2) is 34.7 Å². The van der Waals surface area contributed by atoms with Crippen LogP contribution in [0.25, 0.3) is 11.2 Å². The van der Waals surface area contributed by atoms with Gasteiger partial charge in [-0.2, -0.15) is 5.10 Å². The maximum Gasteiger partial charge on any atom is 0.228 e. The van der Waals surface area contributed by atoms with Crippen molar-refractivity contribution < 1.29 is 29.9 Å². The number of nitrogens with one attached hydrogen (secondary N) is 1. The average Bonchev–Trinajstić information content (AvgIpc) is 3.27. The van der Waals surface area contributed by atoms with Gasteiger partial charge in [0.05, 0.1) is 19.9 Å². The van der Waals surface area contributed by atoms with Crippen LogP contribution in [0.2, 0.25) is 0 Å². The van der Waals surface area contributed by atoms with E-state index in [1.54, 1.807) is 12.1 Å². The van der Waals surface area contributed by atoms with Gasteiger partial charge in [-0.3, -0.25) is 4.57 Å². The van der Waals surface area contributed by atoms with Crippen LogP contribution in [-0.4, -0.2) is 78.2 Å². The summed E-state index contributed by atoms with van der Waals surface area (Å²) in [4.78, 5) is 12.4. The predicted molar refractivity (Wildman–Crippen MR) is 109 cm³/mol. The van der Waals surface area contributed by atoms with Crippen LogP contribution < -0.4 is 15.9 Å². The van der Waals surface area contributed by atoms with E-state index in [0.29, 0.717) is 5.56 Å². The van der Waals surface area contributed by atoms with Crippen molar-refractivity contribution in [2.75, 3.05) is 24.9 Å². The number of aliphatic hydroxyl groups is 3. The summed E-state index contributed by atoms with van der Waals surface area (Å²) in [5.74, 6) is 0.489. The normalized spacial score (nSPS) is 23.6. The van der Waals surface area contributed by atoms with Crippen molar-refractivity contribution in [3.63, 3.8) is 0 Å². The predicted octanol–water partition coefficient (Wildman–Crippen LogP) is -0.820. The highest BCUT2D eigenvalue weighted by Crippen LogP contribution is 2.35. The fraction of sp³-hybridized carbons (Fsp3) is 0.333. The number of rotatable bonds is 6. The Morgan fingerprint density at radius 2 is 2.13 bits per heavy atom. The van der Waals surface area contributed by atoms with Crippen LogP contribution in [0.1, 0.15) is 11.8 Å². The van der Waals surface area contributed by atoms with Crippen molar-refractivity contribution in [2.24, 2.45) is 5.10 Å². The number of aromatic hydroxyl groups is 1. The number of methoxy groups -OCH3 is 1. The summed E-state index contributed by atoms with van der Waals surface area (Å²) in [7, 11) is 1.43. The summed E-state index contributed by atoms with van der Waals surface area (Å²) in [6.45, 7) is -0.484. The van der Waals surface area contributed by atoms with Gasteiger partial charge in [-0.15, -0.1) is 0 Å². The molecule has 1 saturated heterocycles. The van der Waals surface area contributed by atoms with Crippen LogP contribution in [0, 0.1) is 0 Å². The second-order valence-electron chi connectivity index (χ2n) is 6.77. The number of phenols is 1. The lowest BCUT2D eigenvalue weighted by molar-refractivity contribution is -0.0501. The molecule has 1 fully saturated rings. The number of aliphatic hydroxyl groups excluding tert-OH is 3. The average molecular weight is 431 g/mol. The molecule has 0 bridgehead atoms. The number of hydrogen-bond donors (Lipinski definition) is 6. The molecule has 0 radical (unpaired) electrons. The molecule has 1 aliphatic rings. The largest absolute Gasteiger partial charge is 0.504 e. The summed E-state index contributed by atoms with van der Waals surface area (Å²) in [6.07, 6.45) is -2.09. The number of nitrogens with zero attached hydrogens (tertiary/aromatic N) is 5. The van der Waals surface area contributed by atoms with Gasteiger partial charge in [0.2, 0.25) is 5.95 Å². The van der Waals surface area contributed by atoms with Gasteiger partial charge in [-0.1, -0.05) is 0 Å². The number of aromatic nitrogens is 4. The zero-order valence-electron chi connectivity index (χ0n) is 16.3. The van der Waals surface area contributed by atoms with Gasteiger partial charge in [-0.25, -0.2) is 20.4 Å². The molecule has 0 unspecified atom stereocenters. The Hall–Kier alpha value is -3.52. The zero-order valence-corrected chi connectivity index (χ0v) is 16.3. The SMILES string of the molecule is COc1cc(/C=N\Nc2nc3c(N)ncnc3n2[C@@H]2O[C@H](CO)[C@@H](O)[C@H]2O)ccc1O. The number of ether oxygens (including phenoxy) is 2. The van der Waals surface area contributed by atoms with E-state index < -0.39 is 31.1 Å². The smallest absolute Gasteiger partial charge is 0.228 e. The van der Waals surface area contributed by atoms with Crippen LogP contribution >= 0.6 is 0 Å². The molecule has 1 aromatic carbocycles. The number of hydrogen-bond acceptors (Lipinski definition) is 12. The molecule has 7 N–H and O–H groups in total. The highest BCUT2D eigenvalue weighted by Gasteiger charge is 2.45. The maximum absolute atomic E-state index is 10.5. The van der Waals surface area contributed by atoms with Gasteiger partial charge in [0, 0.05) is 0 Å². The second kappa shape index (κ2) is 8.31. The number of anilines is 2. The van der Waals surface area contributed by atoms with E-state index in [2.05, 4.69) is 25.5 Å². The maximum atomic E-state index is 10.5. The van der Waals surface area contributed by atoms with E-state index in [1.807, 2.05) is 0 Å².